The molecule has 0 aliphatic carbocycles. The second-order valence-electron chi connectivity index (χ2n) is 6.89. The Balaban J connectivity index is 2.66. The van der Waals surface area contributed by atoms with Crippen molar-refractivity contribution < 1.29 is 5.11 Å². The number of benzene rings is 1. The van der Waals surface area contributed by atoms with Gasteiger partial charge in [0, 0.05) is 26.2 Å². The number of aliphatic hydroxyl groups is 1. The Morgan fingerprint density at radius 2 is 1.92 bits per heavy atom. The fraction of sp³-hybridized carbons (Fsp3) is 0.667. The first kappa shape index (κ1) is 22.5. The normalized spacial score (nSPS) is 13.1. The quantitative estimate of drug-likeness (QED) is 0.395. The van der Waals surface area contributed by atoms with Gasteiger partial charge in [-0.15, -0.1) is 0 Å². The Morgan fingerprint density at radius 1 is 1.15 bits per heavy atom. The van der Waals surface area contributed by atoms with Gasteiger partial charge >= 0.3 is 0 Å². The first-order valence-electron chi connectivity index (χ1n) is 10.0. The number of rotatable bonds is 12. The van der Waals surface area contributed by atoms with E-state index in [0.717, 1.165) is 51.4 Å². The monoisotopic (exact) mass is 362 g/mol. The van der Waals surface area contributed by atoms with Gasteiger partial charge in [-0.1, -0.05) is 44.5 Å². The van der Waals surface area contributed by atoms with Crippen molar-refractivity contribution in [2.45, 2.75) is 53.1 Å². The maximum Gasteiger partial charge on any atom is 0.191 e. The molecule has 5 nitrogen and oxygen atoms in total. The number of nitrogens with one attached hydrogen (secondary N) is 2. The molecule has 0 saturated carbocycles. The third kappa shape index (κ3) is 9.20. The van der Waals surface area contributed by atoms with E-state index >= 15 is 0 Å². The third-order valence-corrected chi connectivity index (χ3v) is 4.54. The highest BCUT2D eigenvalue weighted by Gasteiger charge is 2.08. The van der Waals surface area contributed by atoms with Gasteiger partial charge in [0.25, 0.3) is 0 Å². The van der Waals surface area contributed by atoms with E-state index in [2.05, 4.69) is 67.6 Å². The Morgan fingerprint density at radius 3 is 2.58 bits per heavy atom. The summed E-state index contributed by atoms with van der Waals surface area (Å²) < 4.78 is 0. The topological polar surface area (TPSA) is 59.9 Å². The number of aliphatic hydroxyl groups excluding tert-OH is 1. The summed E-state index contributed by atoms with van der Waals surface area (Å²) in [6, 6.07) is 8.66. The van der Waals surface area contributed by atoms with Crippen molar-refractivity contribution in [3.63, 3.8) is 0 Å². The second kappa shape index (κ2) is 13.6. The highest BCUT2D eigenvalue weighted by atomic mass is 16.3. The van der Waals surface area contributed by atoms with E-state index in [-0.39, 0.29) is 6.61 Å². The largest absolute Gasteiger partial charge is 0.396 e. The van der Waals surface area contributed by atoms with Crippen molar-refractivity contribution in [2.24, 2.45) is 10.9 Å². The summed E-state index contributed by atoms with van der Waals surface area (Å²) in [6.45, 7) is 11.0. The number of hydrogen-bond donors (Lipinski definition) is 3. The highest BCUT2D eigenvalue weighted by molar-refractivity contribution is 5.79. The van der Waals surface area contributed by atoms with Crippen LogP contribution in [0.25, 0.3) is 0 Å². The standard InChI is InChI=1S/C21H38N4O/c1-5-9-18(12-13-26)15-23-21(22-6-2)24-16-19-10-8-11-20(14-19)17-25(4)7-3/h8,10-11,14,18,26H,5-7,9,12-13,15-17H2,1-4H3,(H2,22,23,24). The lowest BCUT2D eigenvalue weighted by Gasteiger charge is -2.18. The molecule has 1 aromatic carbocycles. The molecule has 0 bridgehead atoms. The van der Waals surface area contributed by atoms with E-state index in [1.807, 2.05) is 0 Å². The molecule has 1 aromatic rings. The van der Waals surface area contributed by atoms with Crippen molar-refractivity contribution in [1.82, 2.24) is 15.5 Å². The molecule has 0 amide bonds. The van der Waals surface area contributed by atoms with E-state index in [1.165, 1.54) is 11.1 Å². The molecule has 0 fully saturated rings. The molecule has 0 radical (unpaired) electrons. The molecule has 3 N–H and O–H groups in total. The molecular formula is C21H38N4O. The first-order valence-corrected chi connectivity index (χ1v) is 10.0. The van der Waals surface area contributed by atoms with Crippen LogP contribution >= 0.6 is 0 Å². The highest BCUT2D eigenvalue weighted by Crippen LogP contribution is 2.10. The maximum absolute atomic E-state index is 9.21. The predicted molar refractivity (Wildman–Crippen MR) is 111 cm³/mol. The summed E-state index contributed by atoms with van der Waals surface area (Å²) in [7, 11) is 2.14. The fourth-order valence-corrected chi connectivity index (χ4v) is 2.94. The Hall–Kier alpha value is -1.59. The molecule has 1 atom stereocenters. The Bertz CT molecular complexity index is 512. The lowest BCUT2D eigenvalue weighted by atomic mass is 10.0. The summed E-state index contributed by atoms with van der Waals surface area (Å²) >= 11 is 0. The van der Waals surface area contributed by atoms with E-state index in [1.54, 1.807) is 0 Å². The van der Waals surface area contributed by atoms with Gasteiger partial charge < -0.3 is 20.6 Å². The lowest BCUT2D eigenvalue weighted by molar-refractivity contribution is 0.251. The average molecular weight is 363 g/mol. The van der Waals surface area contributed by atoms with Crippen LogP contribution in [0.5, 0.6) is 0 Å². The zero-order valence-electron chi connectivity index (χ0n) is 17.1. The molecule has 148 valence electrons. The van der Waals surface area contributed by atoms with Gasteiger partial charge in [0.2, 0.25) is 0 Å². The molecule has 0 aliphatic heterocycles. The van der Waals surface area contributed by atoms with Crippen LogP contribution in [0, 0.1) is 5.92 Å². The summed E-state index contributed by atoms with van der Waals surface area (Å²) in [5, 5.41) is 16.0. The first-order chi connectivity index (χ1) is 12.6. The van der Waals surface area contributed by atoms with E-state index in [0.29, 0.717) is 12.5 Å². The SMILES string of the molecule is CCCC(CCO)CNC(=NCc1cccc(CN(C)CC)c1)NCC. The number of guanidine groups is 1. The van der Waals surface area contributed by atoms with Crippen molar-refractivity contribution >= 4 is 5.96 Å². The van der Waals surface area contributed by atoms with Crippen LogP contribution in [0.4, 0.5) is 0 Å². The number of hydrogen-bond acceptors (Lipinski definition) is 3. The minimum Gasteiger partial charge on any atom is -0.396 e. The molecule has 0 aliphatic rings. The van der Waals surface area contributed by atoms with E-state index in [9.17, 15) is 5.11 Å². The van der Waals surface area contributed by atoms with Crippen LogP contribution in [0.15, 0.2) is 29.3 Å². The molecule has 1 unspecified atom stereocenters. The summed E-state index contributed by atoms with van der Waals surface area (Å²) in [5.41, 5.74) is 2.55. The van der Waals surface area contributed by atoms with Crippen LogP contribution in [-0.4, -0.2) is 49.3 Å². The molecule has 26 heavy (non-hydrogen) atoms. The smallest absolute Gasteiger partial charge is 0.191 e. The van der Waals surface area contributed by atoms with Crippen LogP contribution in [-0.2, 0) is 13.1 Å². The maximum atomic E-state index is 9.21. The molecule has 0 heterocycles. The van der Waals surface area contributed by atoms with Crippen molar-refractivity contribution in [3.05, 3.63) is 35.4 Å². The van der Waals surface area contributed by atoms with E-state index in [4.69, 9.17) is 4.99 Å². The number of nitrogens with zero attached hydrogens (tertiary/aromatic N) is 2. The van der Waals surface area contributed by atoms with Gasteiger partial charge in [-0.2, -0.15) is 0 Å². The van der Waals surface area contributed by atoms with Gasteiger partial charge in [-0.05, 0) is 50.4 Å². The van der Waals surface area contributed by atoms with Crippen LogP contribution < -0.4 is 10.6 Å². The van der Waals surface area contributed by atoms with E-state index < -0.39 is 0 Å². The second-order valence-corrected chi connectivity index (χ2v) is 6.89. The minimum absolute atomic E-state index is 0.249. The van der Waals surface area contributed by atoms with Crippen molar-refractivity contribution in [2.75, 3.05) is 33.3 Å². The molecule has 0 saturated heterocycles. The van der Waals surface area contributed by atoms with Gasteiger partial charge in [-0.25, -0.2) is 4.99 Å². The Labute approximate surface area is 159 Å². The molecule has 1 rings (SSSR count). The number of aliphatic imine (C=N–C) groups is 1. The lowest BCUT2D eigenvalue weighted by Crippen LogP contribution is -2.40. The van der Waals surface area contributed by atoms with Gasteiger partial charge in [-0.3, -0.25) is 0 Å². The Kier molecular flexibility index (Phi) is 11.7. The van der Waals surface area contributed by atoms with Crippen LogP contribution in [0.2, 0.25) is 0 Å². The van der Waals surface area contributed by atoms with Crippen LogP contribution in [0.3, 0.4) is 0 Å². The van der Waals surface area contributed by atoms with Crippen molar-refractivity contribution in [3.8, 4) is 0 Å². The zero-order valence-corrected chi connectivity index (χ0v) is 17.1. The average Bonchev–Trinajstić information content (AvgIpc) is 2.64. The fourth-order valence-electron chi connectivity index (χ4n) is 2.94. The van der Waals surface area contributed by atoms with Gasteiger partial charge in [0.05, 0.1) is 6.54 Å². The van der Waals surface area contributed by atoms with Gasteiger partial charge in [0.15, 0.2) is 5.96 Å². The summed E-state index contributed by atoms with van der Waals surface area (Å²) in [6.07, 6.45) is 3.10. The summed E-state index contributed by atoms with van der Waals surface area (Å²) in [4.78, 5) is 7.03. The minimum atomic E-state index is 0.249. The zero-order chi connectivity index (χ0) is 19.2. The molecule has 0 aromatic heterocycles. The van der Waals surface area contributed by atoms with Gasteiger partial charge in [0.1, 0.15) is 0 Å². The molecule has 0 spiro atoms. The van der Waals surface area contributed by atoms with Crippen molar-refractivity contribution in [1.29, 1.82) is 0 Å². The predicted octanol–water partition coefficient (Wildman–Crippen LogP) is 2.99. The molecular weight excluding hydrogens is 324 g/mol. The van der Waals surface area contributed by atoms with Crippen LogP contribution in [0.1, 0.15) is 51.2 Å². The summed E-state index contributed by atoms with van der Waals surface area (Å²) in [5.74, 6) is 1.34. The molecule has 5 heteroatoms. The third-order valence-electron chi connectivity index (χ3n) is 4.54.